The topological polar surface area (TPSA) is 61.8 Å². The fourth-order valence-electron chi connectivity index (χ4n) is 2.86. The number of carbonyl (C=O) groups excluding carboxylic acids is 1. The zero-order valence-electron chi connectivity index (χ0n) is 13.0. The van der Waals surface area contributed by atoms with Gasteiger partial charge in [-0.1, -0.05) is 42.5 Å². The van der Waals surface area contributed by atoms with Gasteiger partial charge in [-0.25, -0.2) is 0 Å². The van der Waals surface area contributed by atoms with Crippen LogP contribution in [0.5, 0.6) is 0 Å². The maximum Gasteiger partial charge on any atom is 0.310 e. The molecule has 5 nitrogen and oxygen atoms in total. The lowest BCUT2D eigenvalue weighted by Gasteiger charge is -2.31. The van der Waals surface area contributed by atoms with E-state index in [1.165, 1.54) is 0 Å². The van der Waals surface area contributed by atoms with Gasteiger partial charge in [0.15, 0.2) is 0 Å². The number of carbonyl (C=O) groups is 1. The molecule has 0 spiro atoms. The van der Waals surface area contributed by atoms with Crippen LogP contribution < -0.4 is 10.2 Å². The molecule has 2 unspecified atom stereocenters. The Kier molecular flexibility index (Phi) is 4.48. The Morgan fingerprint density at radius 2 is 1.91 bits per heavy atom. The summed E-state index contributed by atoms with van der Waals surface area (Å²) >= 11 is 0. The molecular weight excluding hydrogens is 292 g/mol. The molecule has 2 N–H and O–H groups in total. The SMILES string of the molecule is CCOC(=O)CC(O)N1c2ccccc2NC1c1ccccc1. The van der Waals surface area contributed by atoms with E-state index >= 15 is 0 Å². The molecule has 0 aromatic heterocycles. The van der Waals surface area contributed by atoms with Gasteiger partial charge in [-0.05, 0) is 24.6 Å². The Morgan fingerprint density at radius 1 is 1.22 bits per heavy atom. The van der Waals surface area contributed by atoms with Gasteiger partial charge in [0.05, 0.1) is 24.4 Å². The number of nitrogens with zero attached hydrogens (tertiary/aromatic N) is 1. The van der Waals surface area contributed by atoms with Crippen LogP contribution in [0.3, 0.4) is 0 Å². The smallest absolute Gasteiger partial charge is 0.310 e. The van der Waals surface area contributed by atoms with Crippen LogP contribution in [0.1, 0.15) is 25.1 Å². The van der Waals surface area contributed by atoms with Gasteiger partial charge in [0.2, 0.25) is 0 Å². The van der Waals surface area contributed by atoms with Crippen molar-refractivity contribution in [3.05, 3.63) is 60.2 Å². The summed E-state index contributed by atoms with van der Waals surface area (Å²) in [6.07, 6.45) is -1.26. The first-order valence-electron chi connectivity index (χ1n) is 7.73. The minimum Gasteiger partial charge on any atom is -0.466 e. The summed E-state index contributed by atoms with van der Waals surface area (Å²) in [6.45, 7) is 2.06. The van der Waals surface area contributed by atoms with E-state index in [0.29, 0.717) is 6.61 Å². The van der Waals surface area contributed by atoms with Crippen molar-refractivity contribution in [1.82, 2.24) is 0 Å². The molecule has 0 aliphatic carbocycles. The van der Waals surface area contributed by atoms with E-state index < -0.39 is 12.2 Å². The number of esters is 1. The standard InChI is InChI=1S/C18H20N2O3/c1-2-23-17(22)12-16(21)20-15-11-7-6-10-14(15)19-18(20)13-8-4-3-5-9-13/h3-11,16,18-19,21H,2,12H2,1H3. The Hall–Kier alpha value is -2.53. The van der Waals surface area contributed by atoms with Crippen molar-refractivity contribution in [2.45, 2.75) is 25.7 Å². The van der Waals surface area contributed by atoms with Crippen molar-refractivity contribution in [1.29, 1.82) is 0 Å². The summed E-state index contributed by atoms with van der Waals surface area (Å²) in [7, 11) is 0. The van der Waals surface area contributed by atoms with Crippen LogP contribution in [0.25, 0.3) is 0 Å². The second-order valence-corrected chi connectivity index (χ2v) is 5.37. The van der Waals surface area contributed by atoms with Gasteiger partial charge in [-0.2, -0.15) is 0 Å². The molecule has 1 aliphatic heterocycles. The second kappa shape index (κ2) is 6.71. The maximum absolute atomic E-state index is 11.7. The fourth-order valence-corrected chi connectivity index (χ4v) is 2.86. The number of nitrogens with one attached hydrogen (secondary N) is 1. The van der Waals surface area contributed by atoms with E-state index in [-0.39, 0.29) is 12.6 Å². The lowest BCUT2D eigenvalue weighted by Crippen LogP contribution is -2.39. The van der Waals surface area contributed by atoms with Crippen LogP contribution in [0, 0.1) is 0 Å². The Labute approximate surface area is 135 Å². The summed E-state index contributed by atoms with van der Waals surface area (Å²) in [6, 6.07) is 17.6. The molecule has 0 fully saturated rings. The molecule has 3 rings (SSSR count). The number of anilines is 2. The van der Waals surface area contributed by atoms with Crippen molar-refractivity contribution in [2.24, 2.45) is 0 Å². The molecule has 0 bridgehead atoms. The molecule has 120 valence electrons. The van der Waals surface area contributed by atoms with E-state index in [0.717, 1.165) is 16.9 Å². The normalized spacial score (nSPS) is 17.3. The summed E-state index contributed by atoms with van der Waals surface area (Å²) in [5.74, 6) is -0.406. The van der Waals surface area contributed by atoms with Gasteiger partial charge < -0.3 is 20.1 Å². The van der Waals surface area contributed by atoms with Crippen LogP contribution in [0.15, 0.2) is 54.6 Å². The summed E-state index contributed by atoms with van der Waals surface area (Å²) in [4.78, 5) is 13.6. The number of aliphatic hydroxyl groups is 1. The van der Waals surface area contributed by atoms with Gasteiger partial charge in [0, 0.05) is 0 Å². The number of benzene rings is 2. The van der Waals surface area contributed by atoms with Gasteiger partial charge >= 0.3 is 5.97 Å². The highest BCUT2D eigenvalue weighted by atomic mass is 16.5. The van der Waals surface area contributed by atoms with Gasteiger partial charge in [-0.3, -0.25) is 4.79 Å². The first-order valence-corrected chi connectivity index (χ1v) is 7.73. The van der Waals surface area contributed by atoms with Gasteiger partial charge in [-0.15, -0.1) is 0 Å². The van der Waals surface area contributed by atoms with Crippen LogP contribution in [-0.2, 0) is 9.53 Å². The molecule has 2 atom stereocenters. The fraction of sp³-hybridized carbons (Fsp3) is 0.278. The summed E-state index contributed by atoms with van der Waals surface area (Å²) in [5.41, 5.74) is 2.83. The summed E-state index contributed by atoms with van der Waals surface area (Å²) < 4.78 is 4.96. The number of para-hydroxylation sites is 2. The average Bonchev–Trinajstić information content (AvgIpc) is 2.95. The highest BCUT2D eigenvalue weighted by molar-refractivity contribution is 5.78. The zero-order chi connectivity index (χ0) is 16.2. The largest absolute Gasteiger partial charge is 0.466 e. The van der Waals surface area contributed by atoms with Crippen molar-refractivity contribution >= 4 is 17.3 Å². The highest BCUT2D eigenvalue weighted by Crippen LogP contribution is 2.42. The molecule has 0 saturated carbocycles. The molecule has 0 radical (unpaired) electrons. The summed E-state index contributed by atoms with van der Waals surface area (Å²) in [5, 5.41) is 14.0. The average molecular weight is 312 g/mol. The first kappa shape index (κ1) is 15.4. The Balaban J connectivity index is 1.90. The molecule has 2 aromatic rings. The zero-order valence-corrected chi connectivity index (χ0v) is 13.0. The molecular formula is C18H20N2O3. The van der Waals surface area contributed by atoms with Crippen LogP contribution >= 0.6 is 0 Å². The monoisotopic (exact) mass is 312 g/mol. The second-order valence-electron chi connectivity index (χ2n) is 5.37. The number of hydrogen-bond donors (Lipinski definition) is 2. The third-order valence-electron chi connectivity index (χ3n) is 3.84. The Bertz CT molecular complexity index is 675. The quantitative estimate of drug-likeness (QED) is 0.831. The van der Waals surface area contributed by atoms with Crippen molar-refractivity contribution in [3.8, 4) is 0 Å². The number of rotatable bonds is 5. The molecule has 1 aliphatic rings. The molecule has 0 saturated heterocycles. The number of fused-ring (bicyclic) bond motifs is 1. The minimum atomic E-state index is -0.963. The van der Waals surface area contributed by atoms with Gasteiger partial charge in [0.1, 0.15) is 12.4 Å². The molecule has 23 heavy (non-hydrogen) atoms. The number of ether oxygens (including phenoxy) is 1. The van der Waals surface area contributed by atoms with Crippen molar-refractivity contribution in [3.63, 3.8) is 0 Å². The van der Waals surface area contributed by atoms with E-state index in [1.807, 2.05) is 59.5 Å². The predicted octanol–water partition coefficient (Wildman–Crippen LogP) is 2.89. The predicted molar refractivity (Wildman–Crippen MR) is 89.0 cm³/mol. The van der Waals surface area contributed by atoms with Crippen LogP contribution in [-0.4, -0.2) is 23.9 Å². The number of aliphatic hydroxyl groups excluding tert-OH is 1. The van der Waals surface area contributed by atoms with Gasteiger partial charge in [0.25, 0.3) is 0 Å². The van der Waals surface area contributed by atoms with Crippen molar-refractivity contribution < 1.29 is 14.6 Å². The molecule has 5 heteroatoms. The van der Waals surface area contributed by atoms with E-state index in [4.69, 9.17) is 4.74 Å². The number of hydrogen-bond acceptors (Lipinski definition) is 5. The minimum absolute atomic E-state index is 0.0762. The van der Waals surface area contributed by atoms with Crippen LogP contribution in [0.4, 0.5) is 11.4 Å². The van der Waals surface area contributed by atoms with E-state index in [9.17, 15) is 9.90 Å². The first-order chi connectivity index (χ1) is 11.2. The van der Waals surface area contributed by atoms with Crippen LogP contribution in [0.2, 0.25) is 0 Å². The third kappa shape index (κ3) is 3.14. The molecule has 2 aromatic carbocycles. The molecule has 1 heterocycles. The van der Waals surface area contributed by atoms with Crippen molar-refractivity contribution in [2.75, 3.05) is 16.8 Å². The highest BCUT2D eigenvalue weighted by Gasteiger charge is 2.35. The molecule has 0 amide bonds. The lowest BCUT2D eigenvalue weighted by atomic mass is 10.1. The third-order valence-corrected chi connectivity index (χ3v) is 3.84. The lowest BCUT2D eigenvalue weighted by molar-refractivity contribution is -0.145. The van der Waals surface area contributed by atoms with E-state index in [2.05, 4.69) is 5.32 Å². The maximum atomic E-state index is 11.7. The van der Waals surface area contributed by atoms with E-state index in [1.54, 1.807) is 6.92 Å². The Morgan fingerprint density at radius 3 is 2.65 bits per heavy atom.